The molecular formula is C16H24N6O2. The van der Waals surface area contributed by atoms with Gasteiger partial charge in [-0.1, -0.05) is 13.8 Å². The summed E-state index contributed by atoms with van der Waals surface area (Å²) in [6.07, 6.45) is 6.59. The van der Waals surface area contributed by atoms with Gasteiger partial charge in [0.05, 0.1) is 18.8 Å². The maximum atomic E-state index is 12.8. The Balaban J connectivity index is 1.75. The molecule has 3 heterocycles. The van der Waals surface area contributed by atoms with Crippen LogP contribution in [0.4, 0.5) is 0 Å². The topological polar surface area (TPSA) is 99.9 Å². The number of hydrogen-bond acceptors (Lipinski definition) is 5. The van der Waals surface area contributed by atoms with Gasteiger partial charge in [0.25, 0.3) is 5.91 Å². The van der Waals surface area contributed by atoms with Crippen molar-refractivity contribution in [3.63, 3.8) is 0 Å². The Morgan fingerprint density at radius 2 is 2.25 bits per heavy atom. The molecule has 24 heavy (non-hydrogen) atoms. The van der Waals surface area contributed by atoms with E-state index in [9.17, 15) is 9.90 Å². The molecule has 130 valence electrons. The number of aromatic amines is 1. The third-order valence-electron chi connectivity index (χ3n) is 4.79. The number of amides is 1. The van der Waals surface area contributed by atoms with E-state index in [4.69, 9.17) is 0 Å². The molecule has 1 fully saturated rings. The monoisotopic (exact) mass is 332 g/mol. The van der Waals surface area contributed by atoms with Crippen molar-refractivity contribution in [2.24, 2.45) is 0 Å². The van der Waals surface area contributed by atoms with Crippen LogP contribution in [0.3, 0.4) is 0 Å². The lowest BCUT2D eigenvalue weighted by Crippen LogP contribution is -2.48. The van der Waals surface area contributed by atoms with Crippen molar-refractivity contribution in [2.45, 2.75) is 51.2 Å². The van der Waals surface area contributed by atoms with E-state index in [-0.39, 0.29) is 12.5 Å². The molecule has 1 saturated heterocycles. The highest BCUT2D eigenvalue weighted by atomic mass is 16.3. The molecule has 0 bridgehead atoms. The van der Waals surface area contributed by atoms with E-state index in [0.29, 0.717) is 36.8 Å². The number of likely N-dealkylation sites (tertiary alicyclic amines) is 1. The molecule has 0 unspecified atom stereocenters. The fourth-order valence-corrected chi connectivity index (χ4v) is 3.32. The van der Waals surface area contributed by atoms with Crippen LogP contribution in [0.5, 0.6) is 0 Å². The van der Waals surface area contributed by atoms with E-state index >= 15 is 0 Å². The third-order valence-corrected chi connectivity index (χ3v) is 4.79. The summed E-state index contributed by atoms with van der Waals surface area (Å²) in [6.45, 7) is 5.03. The molecule has 8 nitrogen and oxygen atoms in total. The van der Waals surface area contributed by atoms with Crippen LogP contribution in [0.25, 0.3) is 0 Å². The number of hydrogen-bond donors (Lipinski definition) is 2. The Bertz CT molecular complexity index is 679. The summed E-state index contributed by atoms with van der Waals surface area (Å²) in [7, 11) is 0. The molecule has 0 radical (unpaired) electrons. The van der Waals surface area contributed by atoms with E-state index in [1.165, 1.54) is 6.20 Å². The zero-order valence-corrected chi connectivity index (χ0v) is 14.1. The van der Waals surface area contributed by atoms with Gasteiger partial charge in [0.2, 0.25) is 0 Å². The molecule has 2 aromatic heterocycles. The molecular weight excluding hydrogens is 308 g/mol. The van der Waals surface area contributed by atoms with Crippen molar-refractivity contribution in [3.05, 3.63) is 29.8 Å². The fraction of sp³-hybridized carbons (Fsp3) is 0.625. The number of aliphatic hydroxyl groups is 1. The summed E-state index contributed by atoms with van der Waals surface area (Å²) in [5.74, 6) is -0.152. The minimum atomic E-state index is -1.15. The van der Waals surface area contributed by atoms with Gasteiger partial charge in [0.15, 0.2) is 0 Å². The molecule has 0 aliphatic carbocycles. The first kappa shape index (κ1) is 16.6. The number of β-amino-alcohol motifs (C(OH)–C–C–N with tert-alkyl or cyclic N) is 1. The Morgan fingerprint density at radius 1 is 1.46 bits per heavy atom. The van der Waals surface area contributed by atoms with Crippen molar-refractivity contribution in [1.29, 1.82) is 0 Å². The van der Waals surface area contributed by atoms with Crippen molar-refractivity contribution in [1.82, 2.24) is 30.1 Å². The number of aromatic nitrogens is 5. The second-order valence-electron chi connectivity index (χ2n) is 6.37. The number of carbonyl (C=O) groups is 1. The summed E-state index contributed by atoms with van der Waals surface area (Å²) < 4.78 is 1.86. The van der Waals surface area contributed by atoms with Gasteiger partial charge in [-0.15, -0.1) is 0 Å². The van der Waals surface area contributed by atoms with Gasteiger partial charge in [-0.05, 0) is 31.7 Å². The molecule has 0 spiro atoms. The molecule has 0 aromatic carbocycles. The molecule has 1 amide bonds. The SMILES string of the molecule is CCC(CC)n1ccc(C(=O)N2CCC[C@](O)(c3cn[nH]n3)C2)n1. The van der Waals surface area contributed by atoms with Crippen molar-refractivity contribution in [2.75, 3.05) is 13.1 Å². The third kappa shape index (κ3) is 3.06. The highest BCUT2D eigenvalue weighted by Gasteiger charge is 2.39. The zero-order chi connectivity index (χ0) is 17.2. The predicted molar refractivity (Wildman–Crippen MR) is 87.3 cm³/mol. The Hall–Kier alpha value is -2.22. The minimum Gasteiger partial charge on any atom is -0.382 e. The minimum absolute atomic E-state index is 0.152. The van der Waals surface area contributed by atoms with Crippen LogP contribution >= 0.6 is 0 Å². The number of piperidine rings is 1. The van der Waals surface area contributed by atoms with Gasteiger partial charge in [-0.3, -0.25) is 9.48 Å². The van der Waals surface area contributed by atoms with E-state index in [0.717, 1.165) is 12.8 Å². The number of H-pyrrole nitrogens is 1. The molecule has 2 aromatic rings. The van der Waals surface area contributed by atoms with Crippen LogP contribution in [0.15, 0.2) is 18.5 Å². The van der Waals surface area contributed by atoms with E-state index in [1.54, 1.807) is 11.0 Å². The van der Waals surface area contributed by atoms with Crippen LogP contribution in [-0.2, 0) is 5.60 Å². The van der Waals surface area contributed by atoms with E-state index in [2.05, 4.69) is 34.4 Å². The summed E-state index contributed by atoms with van der Waals surface area (Å²) in [4.78, 5) is 14.4. The molecule has 1 atom stereocenters. The van der Waals surface area contributed by atoms with Gasteiger partial charge in [0, 0.05) is 12.7 Å². The van der Waals surface area contributed by atoms with Crippen molar-refractivity contribution in [3.8, 4) is 0 Å². The summed E-state index contributed by atoms with van der Waals surface area (Å²) in [5.41, 5.74) is -0.257. The van der Waals surface area contributed by atoms with Crippen LogP contribution in [0, 0.1) is 0 Å². The maximum Gasteiger partial charge on any atom is 0.274 e. The predicted octanol–water partition coefficient (Wildman–Crippen LogP) is 1.49. The summed E-state index contributed by atoms with van der Waals surface area (Å²) >= 11 is 0. The lowest BCUT2D eigenvalue weighted by atomic mass is 9.90. The molecule has 0 saturated carbocycles. The largest absolute Gasteiger partial charge is 0.382 e. The van der Waals surface area contributed by atoms with Gasteiger partial charge in [0.1, 0.15) is 17.0 Å². The number of nitrogens with zero attached hydrogens (tertiary/aromatic N) is 5. The smallest absolute Gasteiger partial charge is 0.274 e. The number of carbonyl (C=O) groups excluding carboxylic acids is 1. The molecule has 8 heteroatoms. The lowest BCUT2D eigenvalue weighted by Gasteiger charge is -2.37. The normalized spacial score (nSPS) is 21.4. The second-order valence-corrected chi connectivity index (χ2v) is 6.37. The Kier molecular flexibility index (Phi) is 4.66. The first-order valence-corrected chi connectivity index (χ1v) is 8.50. The van der Waals surface area contributed by atoms with Crippen LogP contribution in [0.2, 0.25) is 0 Å². The van der Waals surface area contributed by atoms with Gasteiger partial charge >= 0.3 is 0 Å². The first-order chi connectivity index (χ1) is 11.6. The number of rotatable bonds is 5. The van der Waals surface area contributed by atoms with Crippen LogP contribution in [0.1, 0.15) is 61.8 Å². The Morgan fingerprint density at radius 3 is 2.92 bits per heavy atom. The average molecular weight is 332 g/mol. The second kappa shape index (κ2) is 6.72. The van der Waals surface area contributed by atoms with Crippen molar-refractivity contribution < 1.29 is 9.90 Å². The number of nitrogens with one attached hydrogen (secondary N) is 1. The summed E-state index contributed by atoms with van der Waals surface area (Å²) in [6, 6.07) is 2.06. The molecule has 1 aliphatic rings. The lowest BCUT2D eigenvalue weighted by molar-refractivity contribution is -0.0322. The van der Waals surface area contributed by atoms with Gasteiger partial charge < -0.3 is 10.0 Å². The first-order valence-electron chi connectivity index (χ1n) is 8.50. The fourth-order valence-electron chi connectivity index (χ4n) is 3.32. The van der Waals surface area contributed by atoms with Gasteiger partial charge in [-0.25, -0.2) is 0 Å². The van der Waals surface area contributed by atoms with E-state index in [1.807, 2.05) is 10.9 Å². The zero-order valence-electron chi connectivity index (χ0n) is 14.1. The highest BCUT2D eigenvalue weighted by molar-refractivity contribution is 5.92. The quantitative estimate of drug-likeness (QED) is 0.864. The van der Waals surface area contributed by atoms with E-state index < -0.39 is 5.60 Å². The molecule has 1 aliphatic heterocycles. The standard InChI is InChI=1S/C16H24N6O2/c1-3-12(4-2)22-9-6-13(19-22)15(23)21-8-5-7-16(24,11-21)14-10-17-20-18-14/h6,9-10,12,24H,3-5,7-8,11H2,1-2H3,(H,17,18,20)/t16-/m1/s1. The molecule has 3 rings (SSSR count). The van der Waals surface area contributed by atoms with Crippen LogP contribution in [-0.4, -0.2) is 54.2 Å². The summed E-state index contributed by atoms with van der Waals surface area (Å²) in [5, 5.41) is 25.5. The van der Waals surface area contributed by atoms with Crippen molar-refractivity contribution >= 4 is 5.91 Å². The average Bonchev–Trinajstić information content (AvgIpc) is 3.28. The van der Waals surface area contributed by atoms with Crippen LogP contribution < -0.4 is 0 Å². The maximum absolute atomic E-state index is 12.8. The Labute approximate surface area is 140 Å². The van der Waals surface area contributed by atoms with Gasteiger partial charge in [-0.2, -0.15) is 20.5 Å². The highest BCUT2D eigenvalue weighted by Crippen LogP contribution is 2.30. The molecule has 2 N–H and O–H groups in total.